The van der Waals surface area contributed by atoms with Gasteiger partial charge >= 0.3 is 5.97 Å². The number of halogens is 1. The molecule has 2 heterocycles. The van der Waals surface area contributed by atoms with E-state index in [0.717, 1.165) is 5.56 Å². The van der Waals surface area contributed by atoms with E-state index in [9.17, 15) is 24.0 Å². The second-order valence-electron chi connectivity index (χ2n) is 15.0. The number of likely N-dealkylation sites (N-methyl/N-ethyl adjacent to an activating group) is 1. The molecule has 3 rings (SSSR count). The number of nitrogens with zero attached hydrogens (tertiary/aromatic N) is 2. The first-order valence-corrected chi connectivity index (χ1v) is 18.9. The lowest BCUT2D eigenvalue weighted by Crippen LogP contribution is -2.59. The molecule has 0 spiro atoms. The summed E-state index contributed by atoms with van der Waals surface area (Å²) in [6, 6.07) is 6.47. The molecule has 14 heteroatoms. The summed E-state index contributed by atoms with van der Waals surface area (Å²) in [5.74, 6) is -3.52. The predicted molar refractivity (Wildman–Crippen MR) is 198 cm³/mol. The minimum atomic E-state index is -2.08. The van der Waals surface area contributed by atoms with Crippen LogP contribution in [0.3, 0.4) is 0 Å². The fourth-order valence-corrected chi connectivity index (χ4v) is 7.65. The van der Waals surface area contributed by atoms with Gasteiger partial charge in [0.15, 0.2) is 0 Å². The molecule has 3 N–H and O–H groups in total. The third-order valence-corrected chi connectivity index (χ3v) is 11.1. The summed E-state index contributed by atoms with van der Waals surface area (Å²) in [4.78, 5) is 70.7. The maximum absolute atomic E-state index is 15.3. The fraction of sp³-hybridized carbons (Fsp3) is 0.718. The fourth-order valence-electron chi connectivity index (χ4n) is 7.65. The van der Waals surface area contributed by atoms with E-state index < -0.39 is 71.7 Å². The van der Waals surface area contributed by atoms with Crippen LogP contribution in [0.15, 0.2) is 30.3 Å². The van der Waals surface area contributed by atoms with Gasteiger partial charge in [0, 0.05) is 47.2 Å². The van der Waals surface area contributed by atoms with Crippen LogP contribution in [0.5, 0.6) is 0 Å². The lowest BCUT2D eigenvalue weighted by Gasteiger charge is -2.41. The van der Waals surface area contributed by atoms with Crippen molar-refractivity contribution in [3.05, 3.63) is 35.9 Å². The van der Waals surface area contributed by atoms with E-state index in [1.807, 2.05) is 44.2 Å². The summed E-state index contributed by atoms with van der Waals surface area (Å²) in [6.45, 7) is 10.0. The van der Waals surface area contributed by atoms with Gasteiger partial charge in [-0.1, -0.05) is 71.4 Å². The number of alkyl halides is 1. The minimum absolute atomic E-state index is 0.0319. The van der Waals surface area contributed by atoms with Crippen LogP contribution in [-0.4, -0.2) is 129 Å². The Balaban J connectivity index is 1.77. The number of hydrogen-bond acceptors (Lipinski definition) is 9. The summed E-state index contributed by atoms with van der Waals surface area (Å²) in [6.07, 6.45) is 0.854. The van der Waals surface area contributed by atoms with Crippen LogP contribution >= 0.6 is 0 Å². The van der Waals surface area contributed by atoms with Gasteiger partial charge in [-0.15, -0.1) is 0 Å². The highest BCUT2D eigenvalue weighted by Gasteiger charge is 2.46. The van der Waals surface area contributed by atoms with Crippen LogP contribution in [0.25, 0.3) is 0 Å². The number of rotatable bonds is 19. The summed E-state index contributed by atoms with van der Waals surface area (Å²) in [5.41, 5.74) is -1.22. The Kier molecular flexibility index (Phi) is 16.7. The molecule has 0 aromatic heterocycles. The van der Waals surface area contributed by atoms with E-state index in [2.05, 4.69) is 16.0 Å². The zero-order chi connectivity index (χ0) is 39.5. The smallest absolute Gasteiger partial charge is 0.328 e. The number of nitrogens with one attached hydrogen (secondary N) is 3. The predicted octanol–water partition coefficient (Wildman–Crippen LogP) is 2.65. The molecular weight excluding hydrogens is 685 g/mol. The molecule has 2 aliphatic heterocycles. The number of amides is 4. The van der Waals surface area contributed by atoms with Crippen LogP contribution < -0.4 is 16.0 Å². The second kappa shape index (κ2) is 20.2. The SMILES string of the molecule is CC[C@H](C)[C@@H]([C@@H](CC(=O)N1CCC[C@H]1[C@H](OC)[C@@H](C)C(=O)N[C@@H](Cc1ccccc1)C(=O)OC)OC)N(C)C(=O)[C@@H](NC(=O)[C@@]1(F)CCNC1)C(C)C. The lowest BCUT2D eigenvalue weighted by atomic mass is 9.89. The van der Waals surface area contributed by atoms with Crippen LogP contribution in [0, 0.1) is 17.8 Å². The van der Waals surface area contributed by atoms with Crippen molar-refractivity contribution in [2.24, 2.45) is 17.8 Å². The number of esters is 1. The minimum Gasteiger partial charge on any atom is -0.467 e. The number of methoxy groups -OCH3 is 3. The Hall–Kier alpha value is -3.62. The zero-order valence-electron chi connectivity index (χ0n) is 33.0. The van der Waals surface area contributed by atoms with Crippen LogP contribution in [0.1, 0.15) is 72.3 Å². The first-order valence-electron chi connectivity index (χ1n) is 18.9. The molecule has 1 aromatic carbocycles. The molecule has 0 radical (unpaired) electrons. The summed E-state index contributed by atoms with van der Waals surface area (Å²) in [7, 11) is 5.93. The average Bonchev–Trinajstić information content (AvgIpc) is 3.83. The van der Waals surface area contributed by atoms with Crippen molar-refractivity contribution < 1.29 is 42.6 Å². The van der Waals surface area contributed by atoms with E-state index in [1.54, 1.807) is 32.7 Å². The Morgan fingerprint density at radius 1 is 1.04 bits per heavy atom. The molecule has 2 saturated heterocycles. The topological polar surface area (TPSA) is 156 Å². The van der Waals surface area contributed by atoms with Crippen LogP contribution in [0.2, 0.25) is 0 Å². The van der Waals surface area contributed by atoms with Gasteiger partial charge in [-0.3, -0.25) is 19.2 Å². The van der Waals surface area contributed by atoms with Gasteiger partial charge in [-0.2, -0.15) is 0 Å². The molecular formula is C39H62FN5O8. The number of likely N-dealkylation sites (tertiary alicyclic amines) is 1. The molecule has 53 heavy (non-hydrogen) atoms. The molecule has 13 nitrogen and oxygen atoms in total. The van der Waals surface area contributed by atoms with E-state index >= 15 is 4.39 Å². The number of benzene rings is 1. The molecule has 0 unspecified atom stereocenters. The number of ether oxygens (including phenoxy) is 3. The Morgan fingerprint density at radius 2 is 1.72 bits per heavy atom. The van der Waals surface area contributed by atoms with Crippen molar-refractivity contribution in [2.45, 2.75) is 115 Å². The molecule has 298 valence electrons. The normalized spacial score (nSPS) is 22.6. The van der Waals surface area contributed by atoms with Crippen LogP contribution in [-0.2, 0) is 44.6 Å². The third-order valence-electron chi connectivity index (χ3n) is 11.1. The van der Waals surface area contributed by atoms with E-state index in [-0.39, 0.29) is 43.6 Å². The molecule has 2 aliphatic rings. The summed E-state index contributed by atoms with van der Waals surface area (Å²) >= 11 is 0. The van der Waals surface area contributed by atoms with Gasteiger partial charge < -0.3 is 40.0 Å². The van der Waals surface area contributed by atoms with Gasteiger partial charge in [0.25, 0.3) is 5.91 Å². The van der Waals surface area contributed by atoms with Crippen molar-refractivity contribution in [3.8, 4) is 0 Å². The summed E-state index contributed by atoms with van der Waals surface area (Å²) in [5, 5.41) is 8.39. The Bertz CT molecular complexity index is 1380. The monoisotopic (exact) mass is 747 g/mol. The first-order chi connectivity index (χ1) is 25.1. The van der Waals surface area contributed by atoms with Crippen molar-refractivity contribution in [1.29, 1.82) is 0 Å². The van der Waals surface area contributed by atoms with E-state index in [1.165, 1.54) is 26.2 Å². The van der Waals surface area contributed by atoms with Crippen molar-refractivity contribution >= 4 is 29.6 Å². The average molecular weight is 748 g/mol. The lowest BCUT2D eigenvalue weighted by molar-refractivity contribution is -0.149. The van der Waals surface area contributed by atoms with Crippen LogP contribution in [0.4, 0.5) is 4.39 Å². The molecule has 4 amide bonds. The number of carbonyl (C=O) groups is 5. The van der Waals surface area contributed by atoms with Gasteiger partial charge in [-0.05, 0) is 36.8 Å². The highest BCUT2D eigenvalue weighted by molar-refractivity contribution is 5.92. The Morgan fingerprint density at radius 3 is 2.26 bits per heavy atom. The Labute approximate surface area is 314 Å². The van der Waals surface area contributed by atoms with Crippen molar-refractivity contribution in [1.82, 2.24) is 25.8 Å². The molecule has 0 saturated carbocycles. The molecule has 0 bridgehead atoms. The van der Waals surface area contributed by atoms with Crippen molar-refractivity contribution in [3.63, 3.8) is 0 Å². The maximum atomic E-state index is 15.3. The van der Waals surface area contributed by atoms with Crippen molar-refractivity contribution in [2.75, 3.05) is 48.0 Å². The third kappa shape index (κ3) is 11.0. The largest absolute Gasteiger partial charge is 0.467 e. The van der Waals surface area contributed by atoms with Gasteiger partial charge in [-0.25, -0.2) is 9.18 Å². The highest BCUT2D eigenvalue weighted by Crippen LogP contribution is 2.30. The summed E-state index contributed by atoms with van der Waals surface area (Å²) < 4.78 is 32.1. The van der Waals surface area contributed by atoms with E-state index in [4.69, 9.17) is 14.2 Å². The van der Waals surface area contributed by atoms with Gasteiger partial charge in [0.1, 0.15) is 12.1 Å². The quantitative estimate of drug-likeness (QED) is 0.181. The maximum Gasteiger partial charge on any atom is 0.328 e. The second-order valence-corrected chi connectivity index (χ2v) is 15.0. The zero-order valence-corrected chi connectivity index (χ0v) is 33.0. The first kappa shape index (κ1) is 43.8. The highest BCUT2D eigenvalue weighted by atomic mass is 19.1. The molecule has 1 aromatic rings. The van der Waals surface area contributed by atoms with Gasteiger partial charge in [0.2, 0.25) is 23.4 Å². The number of hydrogen-bond donors (Lipinski definition) is 3. The van der Waals surface area contributed by atoms with Gasteiger partial charge in [0.05, 0.1) is 43.7 Å². The van der Waals surface area contributed by atoms with E-state index in [0.29, 0.717) is 32.4 Å². The molecule has 0 aliphatic carbocycles. The number of carbonyl (C=O) groups excluding carboxylic acids is 5. The molecule has 2 fully saturated rings. The standard InChI is InChI=1S/C39H62FN5O8/c1-10-25(4)33(44(6)36(48)32(24(2)3)43-38(50)39(40)18-19-41-23-39)30(51-7)22-31(46)45-20-14-17-29(45)34(52-8)26(5)35(47)42-28(37(49)53-9)21-27-15-12-11-13-16-27/h11-13,15-16,24-26,28-30,32-34,41H,10,14,17-23H2,1-9H3,(H,42,47)(H,43,50)/t25-,26+,28-,29-,30+,32-,33-,34+,39+/m0/s1. The molecule has 9 atom stereocenters.